The fourth-order valence-corrected chi connectivity index (χ4v) is 1.77. The van der Waals surface area contributed by atoms with E-state index in [-0.39, 0.29) is 18.1 Å². The van der Waals surface area contributed by atoms with Gasteiger partial charge in [-0.1, -0.05) is 31.2 Å². The second kappa shape index (κ2) is 7.17. The molecular formula is C15H23NO2. The molecule has 0 aromatic heterocycles. The number of aryl methyl sites for hydroxylation is 1. The van der Waals surface area contributed by atoms with Crippen molar-refractivity contribution in [1.82, 2.24) is 5.32 Å². The molecular weight excluding hydrogens is 226 g/mol. The highest BCUT2D eigenvalue weighted by atomic mass is 16.5. The van der Waals surface area contributed by atoms with Gasteiger partial charge in [-0.3, -0.25) is 4.79 Å². The summed E-state index contributed by atoms with van der Waals surface area (Å²) in [4.78, 5) is 11.7. The fraction of sp³-hybridized carbons (Fsp3) is 0.533. The molecule has 0 spiro atoms. The molecule has 0 aliphatic heterocycles. The van der Waals surface area contributed by atoms with E-state index in [1.54, 1.807) is 7.11 Å². The summed E-state index contributed by atoms with van der Waals surface area (Å²) in [7, 11) is 1.62. The van der Waals surface area contributed by atoms with Crippen LogP contribution in [0.1, 0.15) is 44.4 Å². The van der Waals surface area contributed by atoms with Crippen molar-refractivity contribution in [3.63, 3.8) is 0 Å². The highest BCUT2D eigenvalue weighted by Gasteiger charge is 2.12. The van der Waals surface area contributed by atoms with Gasteiger partial charge in [0.15, 0.2) is 0 Å². The van der Waals surface area contributed by atoms with E-state index in [9.17, 15) is 4.79 Å². The molecule has 2 unspecified atom stereocenters. The molecule has 1 aromatic carbocycles. The number of rotatable bonds is 6. The van der Waals surface area contributed by atoms with Crippen LogP contribution in [0.2, 0.25) is 0 Å². The minimum Gasteiger partial charge on any atom is -0.381 e. The average molecular weight is 249 g/mol. The fourth-order valence-electron chi connectivity index (χ4n) is 1.77. The van der Waals surface area contributed by atoms with Crippen molar-refractivity contribution in [2.24, 2.45) is 0 Å². The van der Waals surface area contributed by atoms with Gasteiger partial charge in [0.1, 0.15) is 0 Å². The number of carbonyl (C=O) groups excluding carboxylic acids is 1. The highest BCUT2D eigenvalue weighted by Crippen LogP contribution is 2.14. The predicted octanol–water partition coefficient (Wildman–Crippen LogP) is 2.85. The molecule has 0 bridgehead atoms. The van der Waals surface area contributed by atoms with Crippen LogP contribution in [0.5, 0.6) is 0 Å². The molecule has 0 heterocycles. The molecule has 0 radical (unpaired) electrons. The molecule has 2 atom stereocenters. The molecule has 1 aromatic rings. The zero-order valence-electron chi connectivity index (χ0n) is 11.7. The summed E-state index contributed by atoms with van der Waals surface area (Å²) in [5.74, 6) is 0.0245. The maximum Gasteiger partial charge on any atom is 0.223 e. The Morgan fingerprint density at radius 3 is 2.39 bits per heavy atom. The van der Waals surface area contributed by atoms with Crippen molar-refractivity contribution in [1.29, 1.82) is 0 Å². The van der Waals surface area contributed by atoms with Crippen molar-refractivity contribution in [3.05, 3.63) is 35.4 Å². The van der Waals surface area contributed by atoms with Gasteiger partial charge in [-0.05, 0) is 31.4 Å². The first-order valence-electron chi connectivity index (χ1n) is 6.47. The van der Waals surface area contributed by atoms with Crippen molar-refractivity contribution in [3.8, 4) is 0 Å². The SMILES string of the molecule is CCc1ccc(C(C)NC(=O)CC(C)OC)cc1. The van der Waals surface area contributed by atoms with Gasteiger partial charge in [0.25, 0.3) is 0 Å². The van der Waals surface area contributed by atoms with Gasteiger partial charge >= 0.3 is 0 Å². The van der Waals surface area contributed by atoms with Crippen LogP contribution in [0.4, 0.5) is 0 Å². The van der Waals surface area contributed by atoms with Crippen LogP contribution in [0.3, 0.4) is 0 Å². The third-order valence-electron chi connectivity index (χ3n) is 3.14. The third kappa shape index (κ3) is 4.49. The molecule has 0 aliphatic carbocycles. The van der Waals surface area contributed by atoms with Crippen LogP contribution in [0.25, 0.3) is 0 Å². The standard InChI is InChI=1S/C15H23NO2/c1-5-13-6-8-14(9-7-13)12(3)16-15(17)10-11(2)18-4/h6-9,11-12H,5,10H2,1-4H3,(H,16,17). The van der Waals surface area contributed by atoms with Gasteiger partial charge in [-0.25, -0.2) is 0 Å². The van der Waals surface area contributed by atoms with Gasteiger partial charge in [-0.15, -0.1) is 0 Å². The van der Waals surface area contributed by atoms with Crippen molar-refractivity contribution >= 4 is 5.91 Å². The number of hydrogen-bond donors (Lipinski definition) is 1. The van der Waals surface area contributed by atoms with E-state index in [4.69, 9.17) is 4.74 Å². The Hall–Kier alpha value is -1.35. The van der Waals surface area contributed by atoms with Gasteiger partial charge < -0.3 is 10.1 Å². The van der Waals surface area contributed by atoms with Gasteiger partial charge in [0.2, 0.25) is 5.91 Å². The third-order valence-corrected chi connectivity index (χ3v) is 3.14. The largest absolute Gasteiger partial charge is 0.381 e. The number of amides is 1. The molecule has 0 saturated heterocycles. The first-order valence-corrected chi connectivity index (χ1v) is 6.47. The zero-order valence-corrected chi connectivity index (χ0v) is 11.7. The van der Waals surface area contributed by atoms with Crippen molar-refractivity contribution < 1.29 is 9.53 Å². The van der Waals surface area contributed by atoms with E-state index in [0.717, 1.165) is 12.0 Å². The summed E-state index contributed by atoms with van der Waals surface area (Å²) >= 11 is 0. The molecule has 1 amide bonds. The maximum atomic E-state index is 11.7. The van der Waals surface area contributed by atoms with Crippen LogP contribution >= 0.6 is 0 Å². The van der Waals surface area contributed by atoms with Gasteiger partial charge in [-0.2, -0.15) is 0 Å². The summed E-state index contributed by atoms with van der Waals surface area (Å²) in [6.07, 6.45) is 1.39. The van der Waals surface area contributed by atoms with Crippen molar-refractivity contribution in [2.75, 3.05) is 7.11 Å². The smallest absolute Gasteiger partial charge is 0.223 e. The number of nitrogens with one attached hydrogen (secondary N) is 1. The number of benzene rings is 1. The Balaban J connectivity index is 2.53. The zero-order chi connectivity index (χ0) is 13.5. The molecule has 0 saturated carbocycles. The summed E-state index contributed by atoms with van der Waals surface area (Å²) in [5, 5.41) is 2.98. The van der Waals surface area contributed by atoms with E-state index in [2.05, 4.69) is 36.5 Å². The molecule has 3 nitrogen and oxygen atoms in total. The minimum absolute atomic E-state index is 0.0245. The first-order chi connectivity index (χ1) is 8.56. The molecule has 100 valence electrons. The minimum atomic E-state index is -0.0420. The topological polar surface area (TPSA) is 38.3 Å². The van der Waals surface area contributed by atoms with Crippen LogP contribution in [0.15, 0.2) is 24.3 Å². The Morgan fingerprint density at radius 1 is 1.28 bits per heavy atom. The normalized spacial score (nSPS) is 14.0. The number of hydrogen-bond acceptors (Lipinski definition) is 2. The highest BCUT2D eigenvalue weighted by molar-refractivity contribution is 5.76. The van der Waals surface area contributed by atoms with E-state index < -0.39 is 0 Å². The monoisotopic (exact) mass is 249 g/mol. The molecule has 1 rings (SSSR count). The number of ether oxygens (including phenoxy) is 1. The molecule has 3 heteroatoms. The number of carbonyl (C=O) groups is 1. The molecule has 18 heavy (non-hydrogen) atoms. The molecule has 0 aliphatic rings. The second-order valence-electron chi connectivity index (χ2n) is 4.63. The predicted molar refractivity (Wildman–Crippen MR) is 73.5 cm³/mol. The van der Waals surface area contributed by atoms with Crippen LogP contribution < -0.4 is 5.32 Å². The summed E-state index contributed by atoms with van der Waals surface area (Å²) in [6, 6.07) is 8.39. The van der Waals surface area contributed by atoms with Gasteiger partial charge in [0, 0.05) is 7.11 Å². The Bertz CT molecular complexity index is 373. The second-order valence-corrected chi connectivity index (χ2v) is 4.63. The number of methoxy groups -OCH3 is 1. The maximum absolute atomic E-state index is 11.7. The average Bonchev–Trinajstić information content (AvgIpc) is 2.38. The first kappa shape index (κ1) is 14.7. The lowest BCUT2D eigenvalue weighted by atomic mass is 10.0. The van der Waals surface area contributed by atoms with Crippen LogP contribution in [0, 0.1) is 0 Å². The molecule has 0 fully saturated rings. The van der Waals surface area contributed by atoms with E-state index in [1.807, 2.05) is 13.8 Å². The lowest BCUT2D eigenvalue weighted by Crippen LogP contribution is -2.29. The van der Waals surface area contributed by atoms with E-state index >= 15 is 0 Å². The van der Waals surface area contributed by atoms with Crippen molar-refractivity contribution in [2.45, 2.75) is 45.8 Å². The Morgan fingerprint density at radius 2 is 1.89 bits per heavy atom. The molecule has 1 N–H and O–H groups in total. The van der Waals surface area contributed by atoms with E-state index in [1.165, 1.54) is 5.56 Å². The van der Waals surface area contributed by atoms with Gasteiger partial charge in [0.05, 0.1) is 18.6 Å². The lowest BCUT2D eigenvalue weighted by Gasteiger charge is -2.16. The van der Waals surface area contributed by atoms with E-state index in [0.29, 0.717) is 6.42 Å². The summed E-state index contributed by atoms with van der Waals surface area (Å²) in [6.45, 7) is 6.02. The van der Waals surface area contributed by atoms with Crippen LogP contribution in [-0.2, 0) is 16.0 Å². The summed E-state index contributed by atoms with van der Waals surface area (Å²) in [5.41, 5.74) is 2.44. The summed E-state index contributed by atoms with van der Waals surface area (Å²) < 4.78 is 5.08. The Labute approximate surface area is 110 Å². The van der Waals surface area contributed by atoms with Crippen LogP contribution in [-0.4, -0.2) is 19.1 Å². The Kier molecular flexibility index (Phi) is 5.86. The lowest BCUT2D eigenvalue weighted by molar-refractivity contribution is -0.123. The quantitative estimate of drug-likeness (QED) is 0.842.